The van der Waals surface area contributed by atoms with Crippen LogP contribution in [0.15, 0.2) is 0 Å². The molecule has 3 amide bonds. The zero-order valence-corrected chi connectivity index (χ0v) is 8.66. The van der Waals surface area contributed by atoms with Crippen molar-refractivity contribution in [1.29, 1.82) is 0 Å². The Morgan fingerprint density at radius 1 is 0.938 bits per heavy atom. The summed E-state index contributed by atoms with van der Waals surface area (Å²) in [5.74, 6) is 12.5. The average Bonchev–Trinajstić information content (AvgIpc) is 2.32. The number of hydrazine groups is 3. The van der Waals surface area contributed by atoms with E-state index in [1.165, 1.54) is 0 Å². The van der Waals surface area contributed by atoms with Gasteiger partial charge in [-0.2, -0.15) is 0 Å². The highest BCUT2D eigenvalue weighted by atomic mass is 16.2. The zero-order chi connectivity index (χ0) is 12.6. The third kappa shape index (κ3) is 5.24. The molecule has 0 aromatic carbocycles. The molecule has 0 radical (unpaired) electrons. The van der Waals surface area contributed by atoms with E-state index in [0.717, 1.165) is 0 Å². The smallest absolute Gasteiger partial charge is 0.237 e. The van der Waals surface area contributed by atoms with Crippen LogP contribution in [-0.4, -0.2) is 17.7 Å². The van der Waals surface area contributed by atoms with Crippen LogP contribution in [0.5, 0.6) is 0 Å². The molecular weight excluding hydrogens is 216 g/mol. The van der Waals surface area contributed by atoms with Gasteiger partial charge in [0.15, 0.2) is 0 Å². The second-order valence-electron chi connectivity index (χ2n) is 3.08. The van der Waals surface area contributed by atoms with Crippen LogP contribution < -0.4 is 33.8 Å². The van der Waals surface area contributed by atoms with Crippen molar-refractivity contribution in [3.8, 4) is 0 Å². The van der Waals surface area contributed by atoms with E-state index in [1.54, 1.807) is 0 Å². The van der Waals surface area contributed by atoms with E-state index in [9.17, 15) is 14.4 Å². The van der Waals surface area contributed by atoms with Gasteiger partial charge in [0.25, 0.3) is 0 Å². The highest BCUT2D eigenvalue weighted by Gasteiger charge is 2.21. The summed E-state index contributed by atoms with van der Waals surface area (Å²) in [7, 11) is 0. The summed E-state index contributed by atoms with van der Waals surface area (Å²) in [4.78, 5) is 33.1. The molecule has 9 heteroatoms. The SMILES string of the molecule is NNC(=O)CCC(CC(=O)NN)C(=O)NN. The number of carbonyl (C=O) groups is 3. The topological polar surface area (TPSA) is 165 Å². The molecule has 0 aliphatic rings. The van der Waals surface area contributed by atoms with Crippen molar-refractivity contribution in [3.05, 3.63) is 0 Å². The Labute approximate surface area is 92.0 Å². The lowest BCUT2D eigenvalue weighted by atomic mass is 9.98. The lowest BCUT2D eigenvalue weighted by Gasteiger charge is -2.13. The van der Waals surface area contributed by atoms with Crippen LogP contribution in [0.2, 0.25) is 0 Å². The quantitative estimate of drug-likeness (QED) is 0.160. The summed E-state index contributed by atoms with van der Waals surface area (Å²) >= 11 is 0. The Bertz CT molecular complexity index is 269. The number of hydrogen-bond donors (Lipinski definition) is 6. The first-order chi connectivity index (χ1) is 7.54. The van der Waals surface area contributed by atoms with Crippen LogP contribution in [0.3, 0.4) is 0 Å². The maximum Gasteiger partial charge on any atom is 0.237 e. The van der Waals surface area contributed by atoms with Crippen LogP contribution in [0.25, 0.3) is 0 Å². The third-order valence-electron chi connectivity index (χ3n) is 1.99. The monoisotopic (exact) mass is 232 g/mol. The first kappa shape index (κ1) is 14.3. The molecule has 0 aliphatic carbocycles. The Balaban J connectivity index is 4.26. The second kappa shape index (κ2) is 7.56. The fraction of sp³-hybridized carbons (Fsp3) is 0.571. The lowest BCUT2D eigenvalue weighted by Crippen LogP contribution is -2.40. The van der Waals surface area contributed by atoms with Crippen molar-refractivity contribution >= 4 is 17.7 Å². The summed E-state index contributed by atoms with van der Waals surface area (Å²) in [6.07, 6.45) is 0.0311. The summed E-state index contributed by atoms with van der Waals surface area (Å²) in [5.41, 5.74) is 5.72. The van der Waals surface area contributed by atoms with Crippen LogP contribution in [0, 0.1) is 5.92 Å². The highest BCUT2D eigenvalue weighted by molar-refractivity contribution is 5.85. The van der Waals surface area contributed by atoms with E-state index in [2.05, 4.69) is 0 Å². The van der Waals surface area contributed by atoms with Crippen molar-refractivity contribution in [2.75, 3.05) is 0 Å². The zero-order valence-electron chi connectivity index (χ0n) is 8.66. The minimum atomic E-state index is -0.717. The average molecular weight is 232 g/mol. The van der Waals surface area contributed by atoms with Crippen molar-refractivity contribution in [1.82, 2.24) is 16.3 Å². The Morgan fingerprint density at radius 2 is 1.50 bits per heavy atom. The highest BCUT2D eigenvalue weighted by Crippen LogP contribution is 2.11. The third-order valence-corrected chi connectivity index (χ3v) is 1.99. The molecule has 1 unspecified atom stereocenters. The molecule has 0 spiro atoms. The van der Waals surface area contributed by atoms with Gasteiger partial charge in [-0.1, -0.05) is 0 Å². The molecular formula is C7H16N6O3. The van der Waals surface area contributed by atoms with E-state index in [4.69, 9.17) is 17.5 Å². The van der Waals surface area contributed by atoms with Crippen LogP contribution >= 0.6 is 0 Å². The molecule has 92 valence electrons. The van der Waals surface area contributed by atoms with Crippen LogP contribution in [0.4, 0.5) is 0 Å². The molecule has 16 heavy (non-hydrogen) atoms. The van der Waals surface area contributed by atoms with Gasteiger partial charge in [-0.15, -0.1) is 0 Å². The van der Waals surface area contributed by atoms with Gasteiger partial charge in [-0.3, -0.25) is 30.7 Å². The summed E-state index contributed by atoms with van der Waals surface area (Å²) in [6, 6.07) is 0. The minimum absolute atomic E-state index is 0.0203. The van der Waals surface area contributed by atoms with E-state index in [-0.39, 0.29) is 19.3 Å². The van der Waals surface area contributed by atoms with Gasteiger partial charge in [0.05, 0.1) is 0 Å². The molecule has 0 aliphatic heterocycles. The van der Waals surface area contributed by atoms with Gasteiger partial charge in [-0.05, 0) is 6.42 Å². The van der Waals surface area contributed by atoms with Gasteiger partial charge in [0, 0.05) is 18.8 Å². The number of amides is 3. The number of nitrogens with one attached hydrogen (secondary N) is 3. The minimum Gasteiger partial charge on any atom is -0.294 e. The maximum atomic E-state index is 11.2. The van der Waals surface area contributed by atoms with E-state index >= 15 is 0 Å². The molecule has 9 N–H and O–H groups in total. The van der Waals surface area contributed by atoms with Crippen molar-refractivity contribution in [2.24, 2.45) is 23.4 Å². The lowest BCUT2D eigenvalue weighted by molar-refractivity contribution is -0.131. The molecule has 0 aromatic rings. The second-order valence-corrected chi connectivity index (χ2v) is 3.08. The van der Waals surface area contributed by atoms with Gasteiger partial charge >= 0.3 is 0 Å². The largest absolute Gasteiger partial charge is 0.294 e. The summed E-state index contributed by atoms with van der Waals surface area (Å²) in [6.45, 7) is 0. The molecule has 0 saturated carbocycles. The first-order valence-corrected chi connectivity index (χ1v) is 4.54. The van der Waals surface area contributed by atoms with E-state index < -0.39 is 23.6 Å². The number of hydrogen-bond acceptors (Lipinski definition) is 6. The predicted octanol–water partition coefficient (Wildman–Crippen LogP) is -3.26. The van der Waals surface area contributed by atoms with Crippen molar-refractivity contribution < 1.29 is 14.4 Å². The fourth-order valence-corrected chi connectivity index (χ4v) is 1.10. The van der Waals surface area contributed by atoms with Gasteiger partial charge in [0.1, 0.15) is 0 Å². The Kier molecular flexibility index (Phi) is 6.76. The summed E-state index contributed by atoms with van der Waals surface area (Å²) in [5, 5.41) is 0. The molecule has 0 saturated heterocycles. The molecule has 0 heterocycles. The number of carbonyl (C=O) groups excluding carboxylic acids is 3. The summed E-state index contributed by atoms with van der Waals surface area (Å²) < 4.78 is 0. The maximum absolute atomic E-state index is 11.2. The van der Waals surface area contributed by atoms with E-state index in [1.807, 2.05) is 16.3 Å². The van der Waals surface area contributed by atoms with Crippen LogP contribution in [-0.2, 0) is 14.4 Å². The predicted molar refractivity (Wildman–Crippen MR) is 54.3 cm³/mol. The van der Waals surface area contributed by atoms with Crippen molar-refractivity contribution in [2.45, 2.75) is 19.3 Å². The van der Waals surface area contributed by atoms with Crippen molar-refractivity contribution in [3.63, 3.8) is 0 Å². The normalized spacial score (nSPS) is 11.4. The van der Waals surface area contributed by atoms with Gasteiger partial charge < -0.3 is 0 Å². The fourth-order valence-electron chi connectivity index (χ4n) is 1.10. The molecule has 0 aromatic heterocycles. The molecule has 0 rings (SSSR count). The molecule has 0 bridgehead atoms. The number of nitrogens with two attached hydrogens (primary N) is 3. The molecule has 0 fully saturated rings. The number of rotatable bonds is 6. The van der Waals surface area contributed by atoms with E-state index in [0.29, 0.717) is 0 Å². The Morgan fingerprint density at radius 3 is 1.94 bits per heavy atom. The first-order valence-electron chi connectivity index (χ1n) is 4.54. The standard InChI is InChI=1S/C7H16N6O3/c8-11-5(14)2-1-4(7(16)13-10)3-6(15)12-9/h4H,1-3,8-10H2,(H,11,14)(H,12,15)(H,13,16). The Hall–Kier alpha value is -1.71. The van der Waals surface area contributed by atoms with Gasteiger partial charge in [0.2, 0.25) is 17.7 Å². The van der Waals surface area contributed by atoms with Crippen LogP contribution in [0.1, 0.15) is 19.3 Å². The van der Waals surface area contributed by atoms with Gasteiger partial charge in [-0.25, -0.2) is 17.5 Å². The molecule has 9 nitrogen and oxygen atoms in total. The molecule has 1 atom stereocenters.